The first-order chi connectivity index (χ1) is 8.20. The van der Waals surface area contributed by atoms with E-state index >= 15 is 0 Å². The second-order valence-corrected chi connectivity index (χ2v) is 6.48. The molecule has 0 aliphatic rings. The van der Waals surface area contributed by atoms with Crippen LogP contribution in [0, 0.1) is 0 Å². The Hall–Kier alpha value is -0.510. The third-order valence-electron chi connectivity index (χ3n) is 2.49. The lowest BCUT2D eigenvalue weighted by molar-refractivity contribution is 0.409. The lowest BCUT2D eigenvalue weighted by Gasteiger charge is -2.11. The Kier molecular flexibility index (Phi) is 4.48. The topological polar surface area (TPSA) is 9.23 Å². The number of hydrogen-bond donors (Lipinski definition) is 0. The van der Waals surface area contributed by atoms with Crippen LogP contribution in [-0.2, 0) is 6.42 Å². The molecule has 1 aromatic carbocycles. The Morgan fingerprint density at radius 1 is 1.29 bits per heavy atom. The molecular weight excluding hydrogens is 320 g/mol. The quantitative estimate of drug-likeness (QED) is 0.709. The number of alkyl halides is 1. The molecule has 1 atom stereocenters. The molecule has 0 saturated carbocycles. The van der Waals surface area contributed by atoms with Crippen LogP contribution in [0.2, 0.25) is 4.34 Å². The summed E-state index contributed by atoms with van der Waals surface area (Å²) in [5.74, 6) is 0.930. The molecule has 0 bridgehead atoms. The minimum absolute atomic E-state index is 0.274. The molecule has 0 aliphatic heterocycles. The molecule has 0 N–H and O–H groups in total. The molecule has 0 spiro atoms. The van der Waals surface area contributed by atoms with E-state index in [1.54, 1.807) is 18.4 Å². The van der Waals surface area contributed by atoms with Crippen LogP contribution >= 0.6 is 38.9 Å². The largest absolute Gasteiger partial charge is 0.496 e. The molecule has 2 rings (SSSR count). The summed E-state index contributed by atoms with van der Waals surface area (Å²) in [7, 11) is 1.70. The molecule has 1 unspecified atom stereocenters. The maximum Gasteiger partial charge on any atom is 0.122 e. The molecule has 2 aromatic rings. The van der Waals surface area contributed by atoms with Crippen molar-refractivity contribution in [2.75, 3.05) is 7.11 Å². The van der Waals surface area contributed by atoms with Crippen molar-refractivity contribution < 1.29 is 4.74 Å². The van der Waals surface area contributed by atoms with Crippen LogP contribution < -0.4 is 4.74 Å². The monoisotopic (exact) mass is 330 g/mol. The summed E-state index contributed by atoms with van der Waals surface area (Å²) in [6.07, 6.45) is 0.890. The number of benzene rings is 1. The van der Waals surface area contributed by atoms with Crippen molar-refractivity contribution in [3.05, 3.63) is 51.2 Å². The smallest absolute Gasteiger partial charge is 0.122 e. The zero-order valence-corrected chi connectivity index (χ0v) is 12.5. The van der Waals surface area contributed by atoms with E-state index in [1.807, 2.05) is 24.3 Å². The SMILES string of the molecule is COc1ccccc1CC(Br)c1ccc(Cl)s1. The van der Waals surface area contributed by atoms with Gasteiger partial charge in [-0.15, -0.1) is 11.3 Å². The first kappa shape index (κ1) is 12.9. The van der Waals surface area contributed by atoms with Crippen molar-refractivity contribution in [3.8, 4) is 5.75 Å². The summed E-state index contributed by atoms with van der Waals surface area (Å²) < 4.78 is 6.17. The number of para-hydroxylation sites is 1. The summed E-state index contributed by atoms with van der Waals surface area (Å²) in [5.41, 5.74) is 1.20. The van der Waals surface area contributed by atoms with Crippen molar-refractivity contribution in [3.63, 3.8) is 0 Å². The highest BCUT2D eigenvalue weighted by Crippen LogP contribution is 2.35. The number of halogens is 2. The first-order valence-corrected chi connectivity index (χ1v) is 7.33. The van der Waals surface area contributed by atoms with E-state index in [0.717, 1.165) is 16.5 Å². The van der Waals surface area contributed by atoms with Crippen molar-refractivity contribution in [1.29, 1.82) is 0 Å². The summed E-state index contributed by atoms with van der Waals surface area (Å²) in [6.45, 7) is 0. The molecule has 17 heavy (non-hydrogen) atoms. The van der Waals surface area contributed by atoms with Crippen LogP contribution in [0.3, 0.4) is 0 Å². The van der Waals surface area contributed by atoms with Gasteiger partial charge >= 0.3 is 0 Å². The molecule has 0 radical (unpaired) electrons. The van der Waals surface area contributed by atoms with Gasteiger partial charge in [-0.2, -0.15) is 0 Å². The van der Waals surface area contributed by atoms with Crippen molar-refractivity contribution >= 4 is 38.9 Å². The van der Waals surface area contributed by atoms with Gasteiger partial charge in [-0.3, -0.25) is 0 Å². The first-order valence-electron chi connectivity index (χ1n) is 5.22. The van der Waals surface area contributed by atoms with E-state index in [0.29, 0.717) is 0 Å². The number of rotatable bonds is 4. The van der Waals surface area contributed by atoms with E-state index in [2.05, 4.69) is 28.1 Å². The molecule has 0 aliphatic carbocycles. The van der Waals surface area contributed by atoms with Gasteiger partial charge in [0.05, 0.1) is 16.3 Å². The van der Waals surface area contributed by atoms with Gasteiger partial charge < -0.3 is 4.74 Å². The Balaban J connectivity index is 2.15. The van der Waals surface area contributed by atoms with Gasteiger partial charge in [0.25, 0.3) is 0 Å². The van der Waals surface area contributed by atoms with Gasteiger partial charge in [-0.1, -0.05) is 45.7 Å². The molecule has 1 nitrogen and oxygen atoms in total. The summed E-state index contributed by atoms with van der Waals surface area (Å²) in [5, 5.41) is 0. The normalized spacial score (nSPS) is 12.4. The summed E-state index contributed by atoms with van der Waals surface area (Å²) in [6, 6.07) is 12.1. The Labute approximate surface area is 119 Å². The fourth-order valence-corrected chi connectivity index (χ4v) is 3.48. The van der Waals surface area contributed by atoms with E-state index in [-0.39, 0.29) is 4.83 Å². The Bertz CT molecular complexity index is 498. The molecule has 1 aromatic heterocycles. The maximum absolute atomic E-state index is 5.94. The number of methoxy groups -OCH3 is 1. The average molecular weight is 332 g/mol. The van der Waals surface area contributed by atoms with Gasteiger partial charge in [0.1, 0.15) is 5.75 Å². The zero-order chi connectivity index (χ0) is 12.3. The lowest BCUT2D eigenvalue weighted by Crippen LogP contribution is -1.96. The van der Waals surface area contributed by atoms with Crippen molar-refractivity contribution in [2.24, 2.45) is 0 Å². The van der Waals surface area contributed by atoms with E-state index in [1.165, 1.54) is 10.4 Å². The highest BCUT2D eigenvalue weighted by molar-refractivity contribution is 9.09. The third kappa shape index (κ3) is 3.24. The number of thiophene rings is 1. The Morgan fingerprint density at radius 3 is 2.71 bits per heavy atom. The number of hydrogen-bond acceptors (Lipinski definition) is 2. The fraction of sp³-hybridized carbons (Fsp3) is 0.231. The average Bonchev–Trinajstić information content (AvgIpc) is 2.77. The van der Waals surface area contributed by atoms with E-state index < -0.39 is 0 Å². The second-order valence-electron chi connectivity index (χ2n) is 3.63. The van der Waals surface area contributed by atoms with E-state index in [4.69, 9.17) is 16.3 Å². The lowest BCUT2D eigenvalue weighted by atomic mass is 10.1. The summed E-state index contributed by atoms with van der Waals surface area (Å²) in [4.78, 5) is 1.51. The van der Waals surface area contributed by atoms with Crippen LogP contribution in [0.4, 0.5) is 0 Å². The van der Waals surface area contributed by atoms with Crippen LogP contribution in [0.5, 0.6) is 5.75 Å². The van der Waals surface area contributed by atoms with Gasteiger partial charge in [0, 0.05) is 4.88 Å². The van der Waals surface area contributed by atoms with Crippen LogP contribution in [0.25, 0.3) is 0 Å². The van der Waals surface area contributed by atoms with Crippen LogP contribution in [0.1, 0.15) is 15.3 Å². The van der Waals surface area contributed by atoms with Crippen LogP contribution in [-0.4, -0.2) is 7.11 Å². The van der Waals surface area contributed by atoms with Gasteiger partial charge in [0.2, 0.25) is 0 Å². The maximum atomic E-state index is 5.94. The number of ether oxygens (including phenoxy) is 1. The molecule has 1 heterocycles. The third-order valence-corrected chi connectivity index (χ3v) is 4.96. The van der Waals surface area contributed by atoms with Crippen molar-refractivity contribution in [2.45, 2.75) is 11.2 Å². The molecule has 0 amide bonds. The van der Waals surface area contributed by atoms with E-state index in [9.17, 15) is 0 Å². The van der Waals surface area contributed by atoms with Gasteiger partial charge in [-0.25, -0.2) is 0 Å². The minimum atomic E-state index is 0.274. The standard InChI is InChI=1S/C13H12BrClOS/c1-16-11-5-3-2-4-9(11)8-10(14)12-6-7-13(15)17-12/h2-7,10H,8H2,1H3. The summed E-state index contributed by atoms with van der Waals surface area (Å²) >= 11 is 11.2. The highest BCUT2D eigenvalue weighted by atomic mass is 79.9. The zero-order valence-electron chi connectivity index (χ0n) is 9.32. The highest BCUT2D eigenvalue weighted by Gasteiger charge is 2.13. The van der Waals surface area contributed by atoms with Gasteiger partial charge in [-0.05, 0) is 30.2 Å². The predicted octanol–water partition coefficient (Wildman–Crippen LogP) is 5.09. The second kappa shape index (κ2) is 5.89. The molecule has 90 valence electrons. The van der Waals surface area contributed by atoms with Crippen LogP contribution in [0.15, 0.2) is 36.4 Å². The molecule has 4 heteroatoms. The predicted molar refractivity (Wildman–Crippen MR) is 77.7 cm³/mol. The molecule has 0 fully saturated rings. The Morgan fingerprint density at radius 2 is 2.06 bits per heavy atom. The molecular formula is C13H12BrClOS. The minimum Gasteiger partial charge on any atom is -0.496 e. The molecule has 0 saturated heterocycles. The fourth-order valence-electron chi connectivity index (χ4n) is 1.66. The van der Waals surface area contributed by atoms with Crippen molar-refractivity contribution in [1.82, 2.24) is 0 Å². The van der Waals surface area contributed by atoms with Gasteiger partial charge in [0.15, 0.2) is 0 Å².